The van der Waals surface area contributed by atoms with Gasteiger partial charge in [0.1, 0.15) is 0 Å². The molecule has 0 aliphatic rings. The molecule has 1 aromatic heterocycles. The van der Waals surface area contributed by atoms with Gasteiger partial charge in [-0.1, -0.05) is 152 Å². The predicted octanol–water partition coefficient (Wildman–Crippen LogP) is 9.97. The largest absolute Gasteiger partial charge is 2.00 e. The third-order valence-corrected chi connectivity index (χ3v) is 13.9. The molecule has 0 amide bonds. The SMILES string of the molecule is [C]=CC(O)c1ccccc1-c1cccs1.[Ru+2].c1cc[cH-]c1.c1ccc(P(CCP(c2ccccc2)c2ccccc2)c2ccccc2)cc1. The van der Waals surface area contributed by atoms with Crippen LogP contribution in [0.25, 0.3) is 10.4 Å². The van der Waals surface area contributed by atoms with Crippen molar-refractivity contribution < 1.29 is 24.6 Å². The van der Waals surface area contributed by atoms with E-state index in [0.29, 0.717) is 0 Å². The number of benzene rings is 5. The summed E-state index contributed by atoms with van der Waals surface area (Å²) in [6, 6.07) is 65.8. The summed E-state index contributed by atoms with van der Waals surface area (Å²) < 4.78 is 0. The smallest absolute Gasteiger partial charge is 0.384 e. The van der Waals surface area contributed by atoms with Crippen molar-refractivity contribution in [1.82, 2.24) is 0 Å². The minimum absolute atomic E-state index is 0. The van der Waals surface area contributed by atoms with Gasteiger partial charge in [0.25, 0.3) is 0 Å². The normalized spacial score (nSPS) is 10.9. The van der Waals surface area contributed by atoms with Gasteiger partial charge in [-0.25, -0.2) is 12.1 Å². The van der Waals surface area contributed by atoms with Gasteiger partial charge >= 0.3 is 19.5 Å². The van der Waals surface area contributed by atoms with Crippen LogP contribution in [0.1, 0.15) is 11.7 Å². The molecular weight excluding hydrogens is 740 g/mol. The van der Waals surface area contributed by atoms with Gasteiger partial charge in [0.2, 0.25) is 0 Å². The number of aliphatic hydroxyl groups excluding tert-OH is 1. The molecule has 7 aromatic rings. The van der Waals surface area contributed by atoms with Crippen LogP contribution in [0.3, 0.4) is 0 Å². The maximum absolute atomic E-state index is 9.67. The van der Waals surface area contributed by atoms with E-state index in [2.05, 4.69) is 121 Å². The number of rotatable bonds is 10. The van der Waals surface area contributed by atoms with Crippen LogP contribution in [-0.4, -0.2) is 17.4 Å². The molecule has 1 heterocycles. The maximum Gasteiger partial charge on any atom is 2.00 e. The molecule has 0 bridgehead atoms. The predicted molar refractivity (Wildman–Crippen MR) is 212 cm³/mol. The Morgan fingerprint density at radius 3 is 1.31 bits per heavy atom. The molecular formula is C44H39OP2RuS+. The summed E-state index contributed by atoms with van der Waals surface area (Å²) >= 11 is 1.63. The molecule has 1 N–H and O–H groups in total. The molecule has 0 aliphatic carbocycles. The van der Waals surface area contributed by atoms with E-state index in [1.54, 1.807) is 11.3 Å². The minimum atomic E-state index is -0.816. The van der Waals surface area contributed by atoms with E-state index in [0.717, 1.165) is 22.1 Å². The summed E-state index contributed by atoms with van der Waals surface area (Å²) in [6.07, 6.45) is 2.65. The maximum atomic E-state index is 9.67. The van der Waals surface area contributed by atoms with Crippen LogP contribution in [0, 0.1) is 6.58 Å². The molecule has 244 valence electrons. The van der Waals surface area contributed by atoms with Crippen molar-refractivity contribution in [2.75, 3.05) is 12.3 Å². The first-order chi connectivity index (χ1) is 23.7. The Bertz CT molecular complexity index is 1670. The van der Waals surface area contributed by atoms with Crippen molar-refractivity contribution in [1.29, 1.82) is 0 Å². The van der Waals surface area contributed by atoms with E-state index < -0.39 is 6.10 Å². The van der Waals surface area contributed by atoms with E-state index in [-0.39, 0.29) is 35.3 Å². The van der Waals surface area contributed by atoms with E-state index in [9.17, 15) is 5.11 Å². The zero-order valence-corrected chi connectivity index (χ0v) is 31.5. The molecule has 5 heteroatoms. The van der Waals surface area contributed by atoms with Gasteiger partial charge in [0.15, 0.2) is 0 Å². The molecule has 7 rings (SSSR count). The standard InChI is InChI=1S/C26H24P2.C13H10OS.C5H5.Ru/c1-5-13-23(14-6-1)27(24-15-7-2-8-16-24)21-22-28(25-17-9-3-10-18-25)26-19-11-4-12-20-26;1-2-12(14)10-6-3-4-7-11(10)13-8-5-9-15-13;1-2-4-5-3-1;/h1-20H,21-22H2;2-9,12,14H;1-5H;/q;;-1;+2. The summed E-state index contributed by atoms with van der Waals surface area (Å²) in [4.78, 5) is 1.12. The Labute approximate surface area is 311 Å². The van der Waals surface area contributed by atoms with Crippen molar-refractivity contribution in [3.8, 4) is 10.4 Å². The second-order valence-corrected chi connectivity index (χ2v) is 16.4. The van der Waals surface area contributed by atoms with Gasteiger partial charge in [0.05, 0.1) is 6.10 Å². The first-order valence-electron chi connectivity index (χ1n) is 16.0. The van der Waals surface area contributed by atoms with Gasteiger partial charge in [0, 0.05) is 4.88 Å². The second-order valence-electron chi connectivity index (χ2n) is 10.8. The van der Waals surface area contributed by atoms with Crippen molar-refractivity contribution in [3.05, 3.63) is 212 Å². The molecule has 1 atom stereocenters. The van der Waals surface area contributed by atoms with Crippen molar-refractivity contribution in [3.63, 3.8) is 0 Å². The molecule has 0 aliphatic heterocycles. The number of hydrogen-bond acceptors (Lipinski definition) is 2. The fourth-order valence-electron chi connectivity index (χ4n) is 5.27. The average Bonchev–Trinajstić information content (AvgIpc) is 3.94. The van der Waals surface area contributed by atoms with Crippen LogP contribution in [0.5, 0.6) is 0 Å². The van der Waals surface area contributed by atoms with Crippen LogP contribution in [0.4, 0.5) is 0 Å². The number of thiophene rings is 1. The summed E-state index contributed by atoms with van der Waals surface area (Å²) in [5, 5.41) is 17.6. The van der Waals surface area contributed by atoms with E-state index in [1.165, 1.54) is 33.5 Å². The van der Waals surface area contributed by atoms with E-state index >= 15 is 0 Å². The zero-order chi connectivity index (χ0) is 33.2. The Kier molecular flexibility index (Phi) is 16.7. The molecule has 49 heavy (non-hydrogen) atoms. The van der Waals surface area contributed by atoms with Crippen LogP contribution in [-0.2, 0) is 19.5 Å². The monoisotopic (exact) mass is 779 g/mol. The fraction of sp³-hybridized carbons (Fsp3) is 0.0682. The quantitative estimate of drug-likeness (QED) is 0.0833. The molecule has 1 nitrogen and oxygen atoms in total. The fourth-order valence-corrected chi connectivity index (χ4v) is 11.4. The second kappa shape index (κ2) is 21.4. The van der Waals surface area contributed by atoms with Gasteiger partial charge in [-0.3, -0.25) is 0 Å². The van der Waals surface area contributed by atoms with Crippen LogP contribution >= 0.6 is 27.2 Å². The Hall–Kier alpha value is -3.67. The third-order valence-electron chi connectivity index (χ3n) is 7.60. The van der Waals surface area contributed by atoms with Crippen molar-refractivity contribution in [2.24, 2.45) is 0 Å². The summed E-state index contributed by atoms with van der Waals surface area (Å²) in [5.41, 5.74) is 1.79. The van der Waals surface area contributed by atoms with E-state index in [1.807, 2.05) is 72.1 Å². The van der Waals surface area contributed by atoms with Crippen LogP contribution in [0.2, 0.25) is 0 Å². The molecule has 0 saturated heterocycles. The molecule has 6 aromatic carbocycles. The molecule has 0 fully saturated rings. The topological polar surface area (TPSA) is 20.2 Å². The molecule has 0 saturated carbocycles. The number of aliphatic hydroxyl groups is 1. The summed E-state index contributed by atoms with van der Waals surface area (Å²) in [6.45, 7) is 7.10. The van der Waals surface area contributed by atoms with Crippen molar-refractivity contribution >= 4 is 48.4 Å². The molecule has 2 radical (unpaired) electrons. The van der Waals surface area contributed by atoms with Gasteiger partial charge in [-0.2, -0.15) is 18.2 Å². The molecule has 0 spiro atoms. The average molecular weight is 779 g/mol. The van der Waals surface area contributed by atoms with E-state index in [4.69, 9.17) is 6.58 Å². The summed E-state index contributed by atoms with van der Waals surface area (Å²) in [5.74, 6) is 0. The zero-order valence-electron chi connectivity index (χ0n) is 27.1. The van der Waals surface area contributed by atoms with Gasteiger partial charge in [-0.15, -0.1) is 11.3 Å². The number of hydrogen-bond donors (Lipinski definition) is 1. The minimum Gasteiger partial charge on any atom is -0.384 e. The van der Waals surface area contributed by atoms with Crippen LogP contribution in [0.15, 0.2) is 200 Å². The summed E-state index contributed by atoms with van der Waals surface area (Å²) in [7, 11) is -0.696. The first-order valence-corrected chi connectivity index (χ1v) is 19.9. The Morgan fingerprint density at radius 1 is 0.551 bits per heavy atom. The molecule has 1 unspecified atom stereocenters. The van der Waals surface area contributed by atoms with Gasteiger partial charge in [-0.05, 0) is 84.6 Å². The Morgan fingerprint density at radius 2 is 0.959 bits per heavy atom. The van der Waals surface area contributed by atoms with Crippen LogP contribution < -0.4 is 21.2 Å². The van der Waals surface area contributed by atoms with Gasteiger partial charge < -0.3 is 5.11 Å². The third kappa shape index (κ3) is 11.7. The first kappa shape index (κ1) is 38.1. The Balaban J connectivity index is 0.000000214. The van der Waals surface area contributed by atoms with Crippen molar-refractivity contribution in [2.45, 2.75) is 6.10 Å².